The minimum absolute atomic E-state index is 0.306. The molecule has 1 saturated carbocycles. The fraction of sp³-hybridized carbons (Fsp3) is 0.300. The Labute approximate surface area is 75.8 Å². The lowest BCUT2D eigenvalue weighted by Crippen LogP contribution is -2.20. The lowest BCUT2D eigenvalue weighted by atomic mass is 10.0. The zero-order valence-electron chi connectivity index (χ0n) is 7.05. The number of nitrogens with zero attached hydrogens (tertiary/aromatic N) is 1. The third kappa shape index (κ3) is 1.30. The van der Waals surface area contributed by atoms with E-state index in [0.29, 0.717) is 11.1 Å². The van der Waals surface area contributed by atoms with Crippen molar-refractivity contribution < 1.29 is 4.39 Å². The molecule has 0 unspecified atom stereocenters. The van der Waals surface area contributed by atoms with Crippen LogP contribution in [-0.4, -0.2) is 0 Å². The zero-order chi connectivity index (χ0) is 9.47. The van der Waals surface area contributed by atoms with E-state index in [-0.39, 0.29) is 5.82 Å². The van der Waals surface area contributed by atoms with E-state index < -0.39 is 5.54 Å². The molecule has 0 spiro atoms. The van der Waals surface area contributed by atoms with E-state index in [1.54, 1.807) is 6.07 Å². The van der Waals surface area contributed by atoms with Crippen LogP contribution in [0, 0.1) is 17.1 Å². The fourth-order valence-corrected chi connectivity index (χ4v) is 1.38. The Bertz CT molecular complexity index is 388. The predicted octanol–water partition coefficient (Wildman–Crippen LogP) is 1.65. The first-order valence-electron chi connectivity index (χ1n) is 4.15. The highest BCUT2D eigenvalue weighted by Gasteiger charge is 2.42. The topological polar surface area (TPSA) is 49.8 Å². The van der Waals surface area contributed by atoms with Crippen LogP contribution in [0.25, 0.3) is 0 Å². The third-order valence-electron chi connectivity index (χ3n) is 2.42. The molecule has 1 fully saturated rings. The number of benzene rings is 1. The average Bonchev–Trinajstić information content (AvgIpc) is 2.86. The summed E-state index contributed by atoms with van der Waals surface area (Å²) in [5, 5.41) is 8.63. The Kier molecular flexibility index (Phi) is 1.61. The van der Waals surface area contributed by atoms with Crippen LogP contribution in [0.2, 0.25) is 0 Å². The molecule has 1 aromatic rings. The number of hydrogen-bond donors (Lipinski definition) is 1. The van der Waals surface area contributed by atoms with Crippen LogP contribution in [-0.2, 0) is 5.54 Å². The monoisotopic (exact) mass is 176 g/mol. The molecule has 3 heteroatoms. The van der Waals surface area contributed by atoms with Crippen molar-refractivity contribution in [2.24, 2.45) is 5.73 Å². The number of halogens is 1. The molecule has 0 aliphatic heterocycles. The molecule has 0 atom stereocenters. The molecule has 2 nitrogen and oxygen atoms in total. The SMILES string of the molecule is N#Cc1ccc(F)c(C2(N)CC2)c1. The highest BCUT2D eigenvalue weighted by atomic mass is 19.1. The molecule has 1 aromatic carbocycles. The smallest absolute Gasteiger partial charge is 0.128 e. The van der Waals surface area contributed by atoms with E-state index in [1.165, 1.54) is 12.1 Å². The third-order valence-corrected chi connectivity index (χ3v) is 2.42. The molecule has 0 saturated heterocycles. The van der Waals surface area contributed by atoms with Crippen molar-refractivity contribution in [3.8, 4) is 6.07 Å². The van der Waals surface area contributed by atoms with Gasteiger partial charge in [-0.05, 0) is 31.0 Å². The van der Waals surface area contributed by atoms with Crippen LogP contribution in [0.1, 0.15) is 24.0 Å². The highest BCUT2D eigenvalue weighted by molar-refractivity contribution is 5.39. The van der Waals surface area contributed by atoms with Crippen LogP contribution in [0.3, 0.4) is 0 Å². The van der Waals surface area contributed by atoms with Gasteiger partial charge in [-0.15, -0.1) is 0 Å². The largest absolute Gasteiger partial charge is 0.321 e. The van der Waals surface area contributed by atoms with E-state index in [1.807, 2.05) is 6.07 Å². The summed E-state index contributed by atoms with van der Waals surface area (Å²) in [6.07, 6.45) is 1.61. The Morgan fingerprint density at radius 2 is 2.15 bits per heavy atom. The molecule has 0 radical (unpaired) electrons. The first-order chi connectivity index (χ1) is 6.15. The van der Waals surface area contributed by atoms with Gasteiger partial charge >= 0.3 is 0 Å². The van der Waals surface area contributed by atoms with Gasteiger partial charge in [0, 0.05) is 11.1 Å². The van der Waals surface area contributed by atoms with Crippen molar-refractivity contribution in [1.82, 2.24) is 0 Å². The Hall–Kier alpha value is -1.40. The Balaban J connectivity index is 2.50. The van der Waals surface area contributed by atoms with Gasteiger partial charge in [-0.25, -0.2) is 4.39 Å². The summed E-state index contributed by atoms with van der Waals surface area (Å²) in [4.78, 5) is 0. The van der Waals surface area contributed by atoms with Crippen LogP contribution in [0.15, 0.2) is 18.2 Å². The lowest BCUT2D eigenvalue weighted by Gasteiger charge is -2.09. The molecular formula is C10H9FN2. The number of nitriles is 1. The maximum Gasteiger partial charge on any atom is 0.128 e. The number of rotatable bonds is 1. The highest BCUT2D eigenvalue weighted by Crippen LogP contribution is 2.43. The van der Waals surface area contributed by atoms with Crippen molar-refractivity contribution >= 4 is 0 Å². The van der Waals surface area contributed by atoms with Gasteiger partial charge in [-0.2, -0.15) is 5.26 Å². The van der Waals surface area contributed by atoms with Crippen molar-refractivity contribution in [3.05, 3.63) is 35.1 Å². The second-order valence-corrected chi connectivity index (χ2v) is 3.46. The van der Waals surface area contributed by atoms with Gasteiger partial charge in [0.2, 0.25) is 0 Å². The second-order valence-electron chi connectivity index (χ2n) is 3.46. The van der Waals surface area contributed by atoms with E-state index in [0.717, 1.165) is 12.8 Å². The first kappa shape index (κ1) is 8.21. The molecular weight excluding hydrogens is 167 g/mol. The summed E-state index contributed by atoms with van der Waals surface area (Å²) in [5.74, 6) is -0.306. The first-order valence-corrected chi connectivity index (χ1v) is 4.15. The van der Waals surface area contributed by atoms with Gasteiger partial charge in [0.05, 0.1) is 11.6 Å². The van der Waals surface area contributed by atoms with E-state index >= 15 is 0 Å². The van der Waals surface area contributed by atoms with Gasteiger partial charge in [0.25, 0.3) is 0 Å². The van der Waals surface area contributed by atoms with Crippen molar-refractivity contribution in [3.63, 3.8) is 0 Å². The minimum atomic E-state index is -0.503. The lowest BCUT2D eigenvalue weighted by molar-refractivity contribution is 0.578. The van der Waals surface area contributed by atoms with Crippen LogP contribution in [0.4, 0.5) is 4.39 Å². The standard InChI is InChI=1S/C10H9FN2/c11-9-2-1-7(6-12)5-8(9)10(13)3-4-10/h1-2,5H,3-4,13H2. The number of hydrogen-bond acceptors (Lipinski definition) is 2. The van der Waals surface area contributed by atoms with Crippen molar-refractivity contribution in [1.29, 1.82) is 5.26 Å². The maximum atomic E-state index is 13.3. The van der Waals surface area contributed by atoms with Gasteiger partial charge in [-0.1, -0.05) is 0 Å². The quantitative estimate of drug-likeness (QED) is 0.707. The summed E-state index contributed by atoms with van der Waals surface area (Å²) in [7, 11) is 0. The summed E-state index contributed by atoms with van der Waals surface area (Å²) in [6.45, 7) is 0. The van der Waals surface area contributed by atoms with Gasteiger partial charge in [0.15, 0.2) is 0 Å². The summed E-state index contributed by atoms with van der Waals surface area (Å²) in [5.41, 5.74) is 6.28. The predicted molar refractivity (Wildman–Crippen MR) is 46.2 cm³/mol. The minimum Gasteiger partial charge on any atom is -0.321 e. The molecule has 1 aliphatic rings. The molecule has 0 amide bonds. The molecule has 2 N–H and O–H groups in total. The van der Waals surface area contributed by atoms with Gasteiger partial charge in [-0.3, -0.25) is 0 Å². The molecule has 13 heavy (non-hydrogen) atoms. The van der Waals surface area contributed by atoms with Crippen molar-refractivity contribution in [2.45, 2.75) is 18.4 Å². The maximum absolute atomic E-state index is 13.3. The second kappa shape index (κ2) is 2.54. The Morgan fingerprint density at radius 3 is 2.69 bits per heavy atom. The summed E-state index contributed by atoms with van der Waals surface area (Å²) in [6, 6.07) is 6.29. The van der Waals surface area contributed by atoms with Crippen LogP contribution in [0.5, 0.6) is 0 Å². The molecule has 0 aromatic heterocycles. The van der Waals surface area contributed by atoms with E-state index in [2.05, 4.69) is 0 Å². The fourth-order valence-electron chi connectivity index (χ4n) is 1.38. The molecule has 2 rings (SSSR count). The van der Waals surface area contributed by atoms with Crippen LogP contribution >= 0.6 is 0 Å². The van der Waals surface area contributed by atoms with Crippen molar-refractivity contribution in [2.75, 3.05) is 0 Å². The molecule has 66 valence electrons. The van der Waals surface area contributed by atoms with Crippen LogP contribution < -0.4 is 5.73 Å². The van der Waals surface area contributed by atoms with Gasteiger partial charge < -0.3 is 5.73 Å². The Morgan fingerprint density at radius 1 is 1.46 bits per heavy atom. The van der Waals surface area contributed by atoms with E-state index in [9.17, 15) is 4.39 Å². The van der Waals surface area contributed by atoms with E-state index in [4.69, 9.17) is 11.0 Å². The summed E-state index contributed by atoms with van der Waals surface area (Å²) >= 11 is 0. The average molecular weight is 176 g/mol. The normalized spacial score (nSPS) is 17.9. The summed E-state index contributed by atoms with van der Waals surface area (Å²) < 4.78 is 13.3. The zero-order valence-corrected chi connectivity index (χ0v) is 7.05. The number of nitrogens with two attached hydrogens (primary N) is 1. The van der Waals surface area contributed by atoms with Gasteiger partial charge in [0.1, 0.15) is 5.82 Å². The molecule has 1 aliphatic carbocycles. The molecule has 0 heterocycles. The molecule has 0 bridgehead atoms.